The number of imidazole rings is 1. The van der Waals surface area contributed by atoms with Gasteiger partial charge in [0.25, 0.3) is 0 Å². The molecule has 0 spiro atoms. The number of aromatic nitrogens is 4. The van der Waals surface area contributed by atoms with Gasteiger partial charge in [0, 0.05) is 38.4 Å². The average molecular weight is 451 g/mol. The van der Waals surface area contributed by atoms with E-state index in [0.717, 1.165) is 37.4 Å². The summed E-state index contributed by atoms with van der Waals surface area (Å²) in [6.07, 6.45) is 6.10. The number of benzene rings is 1. The van der Waals surface area contributed by atoms with E-state index in [4.69, 9.17) is 4.74 Å². The van der Waals surface area contributed by atoms with E-state index < -0.39 is 0 Å². The van der Waals surface area contributed by atoms with E-state index in [2.05, 4.69) is 42.8 Å². The largest absolute Gasteiger partial charge is 0.490 e. The van der Waals surface area contributed by atoms with Crippen LogP contribution in [0.2, 0.25) is 0 Å². The van der Waals surface area contributed by atoms with Crippen LogP contribution >= 0.6 is 0 Å². The summed E-state index contributed by atoms with van der Waals surface area (Å²) in [4.78, 5) is 28.5. The monoisotopic (exact) mass is 450 g/mol. The Labute approximate surface area is 192 Å². The Morgan fingerprint density at radius 1 is 1.18 bits per heavy atom. The van der Waals surface area contributed by atoms with Gasteiger partial charge in [0.2, 0.25) is 5.95 Å². The fraction of sp³-hybridized carbons (Fsp3) is 0.478. The summed E-state index contributed by atoms with van der Waals surface area (Å²) in [5.41, 5.74) is 1.80. The number of fused-ring (bicyclic) bond motifs is 1. The molecule has 1 aromatic carbocycles. The first-order valence-corrected chi connectivity index (χ1v) is 11.5. The molecule has 33 heavy (non-hydrogen) atoms. The summed E-state index contributed by atoms with van der Waals surface area (Å²) >= 11 is 0. The lowest BCUT2D eigenvalue weighted by Gasteiger charge is -2.29. The van der Waals surface area contributed by atoms with Gasteiger partial charge in [-0.15, -0.1) is 0 Å². The molecule has 2 fully saturated rings. The number of likely N-dealkylation sites (tertiary alicyclic amines) is 1. The minimum absolute atomic E-state index is 0.225. The highest BCUT2D eigenvalue weighted by Gasteiger charge is 2.23. The van der Waals surface area contributed by atoms with Crippen LogP contribution < -0.4 is 20.7 Å². The van der Waals surface area contributed by atoms with Crippen LogP contribution in [0.25, 0.3) is 11.2 Å². The third kappa shape index (κ3) is 5.00. The average Bonchev–Trinajstić information content (AvgIpc) is 3.56. The molecule has 5 rings (SSSR count). The number of amides is 1. The van der Waals surface area contributed by atoms with Gasteiger partial charge in [0.05, 0.1) is 0 Å². The molecule has 2 aromatic heterocycles. The zero-order valence-electron chi connectivity index (χ0n) is 19.0. The Morgan fingerprint density at radius 3 is 2.76 bits per heavy atom. The van der Waals surface area contributed by atoms with E-state index in [0.29, 0.717) is 35.4 Å². The number of carbonyl (C=O) groups is 1. The molecule has 1 saturated carbocycles. The maximum atomic E-state index is 12.7. The second-order valence-corrected chi connectivity index (χ2v) is 8.84. The second kappa shape index (κ2) is 9.22. The molecule has 0 radical (unpaired) electrons. The van der Waals surface area contributed by atoms with Gasteiger partial charge in [-0.25, -0.2) is 14.3 Å². The third-order valence-electron chi connectivity index (χ3n) is 6.15. The van der Waals surface area contributed by atoms with Crippen LogP contribution in [-0.2, 0) is 0 Å². The number of piperidine rings is 1. The number of carbonyl (C=O) groups excluding carboxylic acids is 1. The molecule has 1 aliphatic heterocycles. The van der Waals surface area contributed by atoms with Crippen molar-refractivity contribution in [1.82, 2.24) is 29.7 Å². The fourth-order valence-electron chi connectivity index (χ4n) is 3.99. The highest BCUT2D eigenvalue weighted by atomic mass is 16.5. The summed E-state index contributed by atoms with van der Waals surface area (Å²) in [5, 5.41) is 9.26. The molecular weight excluding hydrogens is 420 g/mol. The van der Waals surface area contributed by atoms with Gasteiger partial charge in [-0.05, 0) is 50.8 Å². The first-order valence-electron chi connectivity index (χ1n) is 11.5. The Balaban J connectivity index is 1.35. The molecule has 0 bridgehead atoms. The predicted octanol–water partition coefficient (Wildman–Crippen LogP) is 3.05. The lowest BCUT2D eigenvalue weighted by Crippen LogP contribution is -2.35. The predicted molar refractivity (Wildman–Crippen MR) is 127 cm³/mol. The van der Waals surface area contributed by atoms with Gasteiger partial charge in [0.15, 0.2) is 17.0 Å². The highest BCUT2D eigenvalue weighted by Crippen LogP contribution is 2.28. The van der Waals surface area contributed by atoms with E-state index in [1.165, 1.54) is 23.7 Å². The number of nitrogens with zero attached hydrogens (tertiary/aromatic N) is 5. The second-order valence-electron chi connectivity index (χ2n) is 8.84. The molecule has 2 aliphatic rings. The minimum atomic E-state index is -0.232. The molecule has 1 amide bonds. The standard InChI is InChI=1S/C23H30N8O2/c1-24-20-19-21(31(14-26-19)23(32)25-13-15-6-7-15)29-22(28-20)27-16-4-3-5-18(12-16)33-17-8-10-30(2)11-9-17/h3-5,12,14-15,17H,6-11,13H2,1-2H3,(H,25,32)(H2,24,27,28,29). The summed E-state index contributed by atoms with van der Waals surface area (Å²) in [6.45, 7) is 2.77. The molecule has 0 unspecified atom stereocenters. The van der Waals surface area contributed by atoms with Crippen molar-refractivity contribution in [2.24, 2.45) is 5.92 Å². The van der Waals surface area contributed by atoms with Gasteiger partial charge in [-0.2, -0.15) is 9.97 Å². The highest BCUT2D eigenvalue weighted by molar-refractivity contribution is 5.92. The van der Waals surface area contributed by atoms with Crippen molar-refractivity contribution in [2.45, 2.75) is 31.8 Å². The van der Waals surface area contributed by atoms with Gasteiger partial charge in [0.1, 0.15) is 18.2 Å². The molecule has 10 nitrogen and oxygen atoms in total. The van der Waals surface area contributed by atoms with Crippen molar-refractivity contribution in [3.8, 4) is 5.75 Å². The van der Waals surface area contributed by atoms with E-state index in [1.54, 1.807) is 7.05 Å². The number of hydrogen-bond acceptors (Lipinski definition) is 8. The molecule has 174 valence electrons. The molecule has 3 aromatic rings. The topological polar surface area (TPSA) is 109 Å². The fourth-order valence-corrected chi connectivity index (χ4v) is 3.99. The summed E-state index contributed by atoms with van der Waals surface area (Å²) < 4.78 is 7.64. The number of ether oxygens (including phenoxy) is 1. The Kier molecular flexibility index (Phi) is 5.99. The number of nitrogens with one attached hydrogen (secondary N) is 3. The molecule has 3 heterocycles. The van der Waals surface area contributed by atoms with Gasteiger partial charge < -0.3 is 25.6 Å². The number of anilines is 3. The van der Waals surface area contributed by atoms with Gasteiger partial charge in [-0.3, -0.25) is 0 Å². The van der Waals surface area contributed by atoms with Crippen molar-refractivity contribution in [3.05, 3.63) is 30.6 Å². The lowest BCUT2D eigenvalue weighted by molar-refractivity contribution is 0.114. The van der Waals surface area contributed by atoms with Crippen LogP contribution in [0.4, 0.5) is 22.2 Å². The molecular formula is C23H30N8O2. The SMILES string of the molecule is CNc1nc(Nc2cccc(OC3CCN(C)CC3)c2)nc2c1ncn2C(=O)NCC1CC1. The van der Waals surface area contributed by atoms with E-state index >= 15 is 0 Å². The normalized spacial score (nSPS) is 17.2. The van der Waals surface area contributed by atoms with Crippen molar-refractivity contribution in [1.29, 1.82) is 0 Å². The zero-order valence-corrected chi connectivity index (χ0v) is 19.0. The third-order valence-corrected chi connectivity index (χ3v) is 6.15. The Hall–Kier alpha value is -3.40. The van der Waals surface area contributed by atoms with Crippen molar-refractivity contribution in [2.75, 3.05) is 44.4 Å². The zero-order chi connectivity index (χ0) is 22.8. The van der Waals surface area contributed by atoms with Crippen LogP contribution in [0.5, 0.6) is 5.75 Å². The maximum absolute atomic E-state index is 12.7. The van der Waals surface area contributed by atoms with Gasteiger partial charge in [-0.1, -0.05) is 6.07 Å². The summed E-state index contributed by atoms with van der Waals surface area (Å²) in [6, 6.07) is 7.56. The Morgan fingerprint density at radius 2 is 2.00 bits per heavy atom. The molecule has 3 N–H and O–H groups in total. The summed E-state index contributed by atoms with van der Waals surface area (Å²) in [7, 11) is 3.91. The van der Waals surface area contributed by atoms with E-state index in [-0.39, 0.29) is 12.1 Å². The Bertz CT molecular complexity index is 1130. The smallest absolute Gasteiger partial charge is 0.328 e. The first kappa shape index (κ1) is 21.4. The van der Waals surface area contributed by atoms with Crippen LogP contribution in [-0.4, -0.2) is 70.3 Å². The van der Waals surface area contributed by atoms with Crippen LogP contribution in [0.15, 0.2) is 30.6 Å². The minimum Gasteiger partial charge on any atom is -0.490 e. The molecule has 1 saturated heterocycles. The van der Waals surface area contributed by atoms with Crippen LogP contribution in [0.3, 0.4) is 0 Å². The van der Waals surface area contributed by atoms with Crippen LogP contribution in [0.1, 0.15) is 25.7 Å². The van der Waals surface area contributed by atoms with Crippen molar-refractivity contribution >= 4 is 34.6 Å². The lowest BCUT2D eigenvalue weighted by atomic mass is 10.1. The first-order chi connectivity index (χ1) is 16.1. The quantitative estimate of drug-likeness (QED) is 0.504. The van der Waals surface area contributed by atoms with Gasteiger partial charge >= 0.3 is 6.03 Å². The van der Waals surface area contributed by atoms with E-state index in [1.807, 2.05) is 24.3 Å². The van der Waals surface area contributed by atoms with Crippen molar-refractivity contribution in [3.63, 3.8) is 0 Å². The maximum Gasteiger partial charge on any atom is 0.328 e. The number of hydrogen-bond donors (Lipinski definition) is 3. The van der Waals surface area contributed by atoms with Crippen molar-refractivity contribution < 1.29 is 9.53 Å². The molecule has 1 aliphatic carbocycles. The summed E-state index contributed by atoms with van der Waals surface area (Å²) in [5.74, 6) is 2.33. The van der Waals surface area contributed by atoms with Crippen LogP contribution in [0, 0.1) is 5.92 Å². The van der Waals surface area contributed by atoms with E-state index in [9.17, 15) is 4.79 Å². The molecule has 0 atom stereocenters. The molecule has 10 heteroatoms. The number of rotatable bonds is 7.